The maximum atomic E-state index is 14.9. The van der Waals surface area contributed by atoms with Crippen LogP contribution in [0.2, 0.25) is 0 Å². The Kier molecular flexibility index (Phi) is 6.01. The number of rotatable bonds is 5. The lowest BCUT2D eigenvalue weighted by molar-refractivity contribution is -0.173. The van der Waals surface area contributed by atoms with E-state index in [1.54, 1.807) is 30.3 Å². The molecule has 0 aromatic heterocycles. The predicted octanol–water partition coefficient (Wildman–Crippen LogP) is 2.74. The largest absolute Gasteiger partial charge is 0.466 e. The highest BCUT2D eigenvalue weighted by atomic mass is 19.1. The van der Waals surface area contributed by atoms with Crippen LogP contribution < -0.4 is 0 Å². The highest BCUT2D eigenvalue weighted by molar-refractivity contribution is 6.28. The second-order valence-electron chi connectivity index (χ2n) is 6.18. The van der Waals surface area contributed by atoms with Crippen molar-refractivity contribution >= 4 is 23.3 Å². The van der Waals surface area contributed by atoms with Crippen LogP contribution in [0.1, 0.15) is 26.3 Å². The van der Waals surface area contributed by atoms with Gasteiger partial charge in [-0.2, -0.15) is 0 Å². The summed E-state index contributed by atoms with van der Waals surface area (Å²) in [6.07, 6.45) is 0.961. The highest BCUT2D eigenvalue weighted by Crippen LogP contribution is 2.35. The Morgan fingerprint density at radius 1 is 0.958 bits per heavy atom. The van der Waals surface area contributed by atoms with Gasteiger partial charge in [0.1, 0.15) is 0 Å². The fourth-order valence-corrected chi connectivity index (χ4v) is 2.15. The molecular weight excluding hydrogens is 315 g/mol. The maximum Gasteiger partial charge on any atom is 0.364 e. The number of carbonyl (C=O) groups excluding carboxylic acids is 3. The first-order valence-electron chi connectivity index (χ1n) is 7.26. The number of halogens is 1. The van der Waals surface area contributed by atoms with Gasteiger partial charge in [0, 0.05) is 0 Å². The van der Waals surface area contributed by atoms with Crippen LogP contribution in [-0.2, 0) is 23.9 Å². The fraction of sp³-hybridized carbons (Fsp3) is 0.389. The SMILES string of the molecule is COC(=O)C(F)(C(=O)/C=C(\c1ccccc1)C(C)(C)C)C(=O)OC. The molecule has 1 rings (SSSR count). The van der Waals surface area contributed by atoms with Gasteiger partial charge in [-0.15, -0.1) is 0 Å². The number of ether oxygens (including phenoxy) is 2. The van der Waals surface area contributed by atoms with E-state index in [0.717, 1.165) is 20.3 Å². The van der Waals surface area contributed by atoms with E-state index in [1.807, 2.05) is 20.8 Å². The van der Waals surface area contributed by atoms with Crippen LogP contribution in [-0.4, -0.2) is 37.6 Å². The zero-order valence-corrected chi connectivity index (χ0v) is 14.4. The van der Waals surface area contributed by atoms with Crippen molar-refractivity contribution in [3.8, 4) is 0 Å². The fourth-order valence-electron chi connectivity index (χ4n) is 2.15. The van der Waals surface area contributed by atoms with E-state index in [0.29, 0.717) is 11.1 Å². The Labute approximate surface area is 140 Å². The van der Waals surface area contributed by atoms with Crippen molar-refractivity contribution in [1.29, 1.82) is 0 Å². The second-order valence-corrected chi connectivity index (χ2v) is 6.18. The first-order chi connectivity index (χ1) is 11.1. The van der Waals surface area contributed by atoms with Crippen molar-refractivity contribution < 1.29 is 28.2 Å². The lowest BCUT2D eigenvalue weighted by atomic mass is 9.80. The van der Waals surface area contributed by atoms with E-state index in [2.05, 4.69) is 9.47 Å². The molecule has 1 aromatic rings. The van der Waals surface area contributed by atoms with Crippen LogP contribution >= 0.6 is 0 Å². The van der Waals surface area contributed by atoms with Gasteiger partial charge in [0.15, 0.2) is 0 Å². The maximum absolute atomic E-state index is 14.9. The monoisotopic (exact) mass is 336 g/mol. The molecule has 5 nitrogen and oxygen atoms in total. The molecule has 24 heavy (non-hydrogen) atoms. The number of esters is 2. The van der Waals surface area contributed by atoms with Crippen molar-refractivity contribution in [3.63, 3.8) is 0 Å². The average molecular weight is 336 g/mol. The first kappa shape index (κ1) is 19.5. The molecule has 0 spiro atoms. The summed E-state index contributed by atoms with van der Waals surface area (Å²) in [5.74, 6) is -4.57. The highest BCUT2D eigenvalue weighted by Gasteiger charge is 2.55. The van der Waals surface area contributed by atoms with Crippen LogP contribution in [0.15, 0.2) is 36.4 Å². The number of hydrogen-bond acceptors (Lipinski definition) is 5. The summed E-state index contributed by atoms with van der Waals surface area (Å²) in [5.41, 5.74) is -2.92. The van der Waals surface area contributed by atoms with Gasteiger partial charge in [-0.3, -0.25) is 4.79 Å². The minimum absolute atomic E-state index is 0.475. The zero-order valence-electron chi connectivity index (χ0n) is 14.4. The molecule has 130 valence electrons. The molecule has 1 aromatic carbocycles. The summed E-state index contributed by atoms with van der Waals surface area (Å²) in [5, 5.41) is 0. The quantitative estimate of drug-likeness (QED) is 0.470. The molecule has 0 aliphatic heterocycles. The van der Waals surface area contributed by atoms with Gasteiger partial charge in [0.25, 0.3) is 0 Å². The normalized spacial score (nSPS) is 12.5. The van der Waals surface area contributed by atoms with E-state index in [-0.39, 0.29) is 0 Å². The summed E-state index contributed by atoms with van der Waals surface area (Å²) < 4.78 is 23.4. The molecule has 0 saturated carbocycles. The summed E-state index contributed by atoms with van der Waals surface area (Å²) in [6.45, 7) is 5.49. The van der Waals surface area contributed by atoms with Crippen molar-refractivity contribution in [1.82, 2.24) is 0 Å². The van der Waals surface area contributed by atoms with E-state index >= 15 is 0 Å². The molecule has 0 fully saturated rings. The van der Waals surface area contributed by atoms with Gasteiger partial charge in [-0.05, 0) is 22.6 Å². The van der Waals surface area contributed by atoms with E-state index in [4.69, 9.17) is 0 Å². The summed E-state index contributed by atoms with van der Waals surface area (Å²) in [6, 6.07) is 8.83. The minimum Gasteiger partial charge on any atom is -0.466 e. The molecule has 0 saturated heterocycles. The van der Waals surface area contributed by atoms with Crippen molar-refractivity contribution in [2.75, 3.05) is 14.2 Å². The third-order valence-corrected chi connectivity index (χ3v) is 3.44. The number of benzene rings is 1. The lowest BCUT2D eigenvalue weighted by Crippen LogP contribution is -2.50. The smallest absolute Gasteiger partial charge is 0.364 e. The Hall–Kier alpha value is -2.50. The number of allylic oxidation sites excluding steroid dienone is 2. The van der Waals surface area contributed by atoms with Crippen molar-refractivity contribution in [2.24, 2.45) is 5.41 Å². The molecule has 0 bridgehead atoms. The van der Waals surface area contributed by atoms with Gasteiger partial charge in [-0.1, -0.05) is 51.1 Å². The molecule has 0 aliphatic carbocycles. The molecule has 0 N–H and O–H groups in total. The standard InChI is InChI=1S/C18H21FO5/c1-17(2,3)13(12-9-7-6-8-10-12)11-14(20)18(19,15(21)23-4)16(22)24-5/h6-11H,1-5H3/b13-11+. The van der Waals surface area contributed by atoms with Gasteiger partial charge in [0.2, 0.25) is 5.78 Å². The number of methoxy groups -OCH3 is 2. The molecular formula is C18H21FO5. The van der Waals surface area contributed by atoms with E-state index in [1.165, 1.54) is 0 Å². The molecule has 0 atom stereocenters. The number of alkyl halides is 1. The predicted molar refractivity (Wildman–Crippen MR) is 86.8 cm³/mol. The summed E-state index contributed by atoms with van der Waals surface area (Å²) in [7, 11) is 1.77. The molecule has 6 heteroatoms. The Bertz CT molecular complexity index is 640. The zero-order chi connectivity index (χ0) is 18.5. The third kappa shape index (κ3) is 3.88. The summed E-state index contributed by atoms with van der Waals surface area (Å²) in [4.78, 5) is 35.8. The first-order valence-corrected chi connectivity index (χ1v) is 7.26. The van der Waals surface area contributed by atoms with Crippen LogP contribution in [0.5, 0.6) is 0 Å². The lowest BCUT2D eigenvalue weighted by Gasteiger charge is -2.25. The Morgan fingerprint density at radius 3 is 1.79 bits per heavy atom. The van der Waals surface area contributed by atoms with Gasteiger partial charge in [0.05, 0.1) is 14.2 Å². The van der Waals surface area contributed by atoms with Crippen molar-refractivity contribution in [2.45, 2.75) is 26.4 Å². The van der Waals surface area contributed by atoms with Crippen LogP contribution in [0.3, 0.4) is 0 Å². The number of hydrogen-bond donors (Lipinski definition) is 0. The third-order valence-electron chi connectivity index (χ3n) is 3.44. The van der Waals surface area contributed by atoms with E-state index < -0.39 is 28.8 Å². The minimum atomic E-state index is -3.53. The van der Waals surface area contributed by atoms with E-state index in [9.17, 15) is 18.8 Å². The molecule has 0 aliphatic rings. The number of ketones is 1. The average Bonchev–Trinajstić information content (AvgIpc) is 2.56. The molecule has 0 radical (unpaired) electrons. The van der Waals surface area contributed by atoms with Gasteiger partial charge >= 0.3 is 17.6 Å². The summed E-state index contributed by atoms with van der Waals surface area (Å²) >= 11 is 0. The Morgan fingerprint density at radius 2 is 1.42 bits per heavy atom. The van der Waals surface area contributed by atoms with Crippen LogP contribution in [0, 0.1) is 5.41 Å². The van der Waals surface area contributed by atoms with Crippen LogP contribution in [0.25, 0.3) is 5.57 Å². The molecule has 0 amide bonds. The molecule has 0 unspecified atom stereocenters. The van der Waals surface area contributed by atoms with Gasteiger partial charge < -0.3 is 9.47 Å². The van der Waals surface area contributed by atoms with Crippen molar-refractivity contribution in [3.05, 3.63) is 42.0 Å². The Balaban J connectivity index is 3.47. The van der Waals surface area contributed by atoms with Crippen LogP contribution in [0.4, 0.5) is 4.39 Å². The second kappa shape index (κ2) is 7.38. The number of carbonyl (C=O) groups is 3. The topological polar surface area (TPSA) is 69.7 Å². The molecule has 0 heterocycles. The van der Waals surface area contributed by atoms with Gasteiger partial charge in [-0.25, -0.2) is 14.0 Å².